The van der Waals surface area contributed by atoms with Gasteiger partial charge in [-0.05, 0) is 49.7 Å². The molecule has 1 unspecified atom stereocenters. The molecule has 1 aromatic carbocycles. The van der Waals surface area contributed by atoms with Crippen molar-refractivity contribution in [2.75, 3.05) is 6.54 Å². The summed E-state index contributed by atoms with van der Waals surface area (Å²) in [4.78, 5) is 0. The lowest BCUT2D eigenvalue weighted by Gasteiger charge is -2.18. The summed E-state index contributed by atoms with van der Waals surface area (Å²) in [7, 11) is 1.86. The van der Waals surface area contributed by atoms with E-state index in [1.54, 1.807) is 4.68 Å². The van der Waals surface area contributed by atoms with Gasteiger partial charge >= 0.3 is 0 Å². The van der Waals surface area contributed by atoms with E-state index in [2.05, 4.69) is 10.4 Å². The molecular weight excluding hydrogens is 260 g/mol. The summed E-state index contributed by atoms with van der Waals surface area (Å²) in [6, 6.07) is 5.42. The zero-order valence-electron chi connectivity index (χ0n) is 12.0. The van der Waals surface area contributed by atoms with Crippen LogP contribution in [0, 0.1) is 18.6 Å². The van der Waals surface area contributed by atoms with Crippen LogP contribution in [0.4, 0.5) is 8.78 Å². The van der Waals surface area contributed by atoms with Crippen molar-refractivity contribution >= 4 is 0 Å². The van der Waals surface area contributed by atoms with E-state index in [0.717, 1.165) is 24.0 Å². The summed E-state index contributed by atoms with van der Waals surface area (Å²) in [5.41, 5.74) is 2.24. The summed E-state index contributed by atoms with van der Waals surface area (Å²) < 4.78 is 28.8. The van der Waals surface area contributed by atoms with Gasteiger partial charge in [0.25, 0.3) is 0 Å². The second-order valence-electron chi connectivity index (χ2n) is 4.88. The molecule has 20 heavy (non-hydrogen) atoms. The highest BCUT2D eigenvalue weighted by Gasteiger charge is 2.18. The second kappa shape index (κ2) is 6.13. The SMILES string of the molecule is CCNC(Cc1cc(F)ccc1F)c1cc(C)nn1C. The van der Waals surface area contributed by atoms with Crippen LogP contribution in [-0.2, 0) is 13.5 Å². The van der Waals surface area contributed by atoms with E-state index < -0.39 is 5.82 Å². The fraction of sp³-hybridized carbons (Fsp3) is 0.400. The maximum atomic E-state index is 13.8. The number of likely N-dealkylation sites (N-methyl/N-ethyl adjacent to an activating group) is 1. The molecule has 0 aliphatic rings. The molecular formula is C15H19F2N3. The number of benzene rings is 1. The molecule has 0 spiro atoms. The summed E-state index contributed by atoms with van der Waals surface area (Å²) in [5, 5.41) is 7.60. The zero-order valence-corrected chi connectivity index (χ0v) is 12.0. The minimum atomic E-state index is -0.419. The van der Waals surface area contributed by atoms with Gasteiger partial charge in [0, 0.05) is 7.05 Å². The summed E-state index contributed by atoms with van der Waals surface area (Å²) >= 11 is 0. The molecule has 108 valence electrons. The van der Waals surface area contributed by atoms with Gasteiger partial charge in [-0.2, -0.15) is 5.10 Å². The highest BCUT2D eigenvalue weighted by Crippen LogP contribution is 2.21. The van der Waals surface area contributed by atoms with E-state index in [-0.39, 0.29) is 11.9 Å². The van der Waals surface area contributed by atoms with Crippen LogP contribution in [0.15, 0.2) is 24.3 Å². The molecule has 0 amide bonds. The van der Waals surface area contributed by atoms with E-state index in [4.69, 9.17) is 0 Å². The van der Waals surface area contributed by atoms with Gasteiger partial charge in [-0.15, -0.1) is 0 Å². The Hall–Kier alpha value is -1.75. The molecule has 5 heteroatoms. The number of nitrogens with one attached hydrogen (secondary N) is 1. The molecule has 3 nitrogen and oxygen atoms in total. The number of hydrogen-bond acceptors (Lipinski definition) is 2. The number of aromatic nitrogens is 2. The Kier molecular flexibility index (Phi) is 4.49. The first-order valence-electron chi connectivity index (χ1n) is 6.69. The van der Waals surface area contributed by atoms with Gasteiger partial charge in [0.15, 0.2) is 0 Å². The lowest BCUT2D eigenvalue weighted by atomic mass is 10.0. The maximum absolute atomic E-state index is 13.8. The van der Waals surface area contributed by atoms with E-state index in [1.807, 2.05) is 27.0 Å². The Bertz CT molecular complexity index is 593. The van der Waals surface area contributed by atoms with Crippen molar-refractivity contribution < 1.29 is 8.78 Å². The predicted octanol–water partition coefficient (Wildman–Crippen LogP) is 2.90. The molecule has 1 N–H and O–H groups in total. The van der Waals surface area contributed by atoms with Crippen molar-refractivity contribution in [3.8, 4) is 0 Å². The molecule has 2 rings (SSSR count). The molecule has 0 aliphatic carbocycles. The summed E-state index contributed by atoms with van der Waals surface area (Å²) in [5.74, 6) is -0.800. The third-order valence-electron chi connectivity index (χ3n) is 3.28. The van der Waals surface area contributed by atoms with Gasteiger partial charge in [-0.25, -0.2) is 8.78 Å². The minimum Gasteiger partial charge on any atom is -0.309 e. The van der Waals surface area contributed by atoms with E-state index in [0.29, 0.717) is 12.0 Å². The second-order valence-corrected chi connectivity index (χ2v) is 4.88. The van der Waals surface area contributed by atoms with Crippen LogP contribution >= 0.6 is 0 Å². The fourth-order valence-corrected chi connectivity index (χ4v) is 2.40. The van der Waals surface area contributed by atoms with Crippen LogP contribution < -0.4 is 5.32 Å². The lowest BCUT2D eigenvalue weighted by molar-refractivity contribution is 0.492. The fourth-order valence-electron chi connectivity index (χ4n) is 2.40. The number of halogens is 2. The number of nitrogens with zero attached hydrogens (tertiary/aromatic N) is 2. The van der Waals surface area contributed by atoms with Crippen molar-refractivity contribution in [3.63, 3.8) is 0 Å². The van der Waals surface area contributed by atoms with Crippen LogP contribution in [-0.4, -0.2) is 16.3 Å². The van der Waals surface area contributed by atoms with Crippen molar-refractivity contribution in [1.82, 2.24) is 15.1 Å². The van der Waals surface area contributed by atoms with Gasteiger partial charge in [0.2, 0.25) is 0 Å². The van der Waals surface area contributed by atoms with E-state index in [1.165, 1.54) is 12.1 Å². The van der Waals surface area contributed by atoms with Gasteiger partial charge in [0.1, 0.15) is 11.6 Å². The maximum Gasteiger partial charge on any atom is 0.126 e. The molecule has 0 bridgehead atoms. The molecule has 1 aromatic heterocycles. The van der Waals surface area contributed by atoms with Crippen molar-refractivity contribution in [3.05, 3.63) is 52.9 Å². The normalized spacial score (nSPS) is 12.7. The quantitative estimate of drug-likeness (QED) is 0.912. The first kappa shape index (κ1) is 14.7. The zero-order chi connectivity index (χ0) is 14.7. The van der Waals surface area contributed by atoms with Crippen LogP contribution in [0.1, 0.15) is 29.9 Å². The Morgan fingerprint density at radius 2 is 2.05 bits per heavy atom. The molecule has 0 fully saturated rings. The largest absolute Gasteiger partial charge is 0.309 e. The minimum absolute atomic E-state index is 0.0949. The summed E-state index contributed by atoms with van der Waals surface area (Å²) in [6.07, 6.45) is 0.385. The highest BCUT2D eigenvalue weighted by molar-refractivity contribution is 5.23. The Morgan fingerprint density at radius 3 is 2.65 bits per heavy atom. The number of aryl methyl sites for hydroxylation is 2. The average molecular weight is 279 g/mol. The third kappa shape index (κ3) is 3.22. The van der Waals surface area contributed by atoms with E-state index in [9.17, 15) is 8.78 Å². The first-order valence-corrected chi connectivity index (χ1v) is 6.69. The first-order chi connectivity index (χ1) is 9.51. The van der Waals surface area contributed by atoms with Crippen molar-refractivity contribution in [2.45, 2.75) is 26.3 Å². The third-order valence-corrected chi connectivity index (χ3v) is 3.28. The van der Waals surface area contributed by atoms with Crippen LogP contribution in [0.5, 0.6) is 0 Å². The molecule has 0 aliphatic heterocycles. The molecule has 0 saturated carbocycles. The van der Waals surface area contributed by atoms with Gasteiger partial charge in [-0.1, -0.05) is 6.92 Å². The van der Waals surface area contributed by atoms with Gasteiger partial charge < -0.3 is 5.32 Å². The van der Waals surface area contributed by atoms with Crippen molar-refractivity contribution in [1.29, 1.82) is 0 Å². The average Bonchev–Trinajstić information content (AvgIpc) is 2.72. The number of rotatable bonds is 5. The van der Waals surface area contributed by atoms with Crippen LogP contribution in [0.3, 0.4) is 0 Å². The Labute approximate surface area is 117 Å². The van der Waals surface area contributed by atoms with Gasteiger partial charge in [0.05, 0.1) is 17.4 Å². The molecule has 1 heterocycles. The van der Waals surface area contributed by atoms with Crippen LogP contribution in [0.25, 0.3) is 0 Å². The predicted molar refractivity (Wildman–Crippen MR) is 74.4 cm³/mol. The number of hydrogen-bond donors (Lipinski definition) is 1. The van der Waals surface area contributed by atoms with E-state index >= 15 is 0 Å². The Morgan fingerprint density at radius 1 is 1.30 bits per heavy atom. The lowest BCUT2D eigenvalue weighted by Crippen LogP contribution is -2.25. The molecule has 0 radical (unpaired) electrons. The van der Waals surface area contributed by atoms with Crippen molar-refractivity contribution in [2.24, 2.45) is 7.05 Å². The highest BCUT2D eigenvalue weighted by atomic mass is 19.1. The summed E-state index contributed by atoms with van der Waals surface area (Å²) in [6.45, 7) is 4.64. The molecule has 1 atom stereocenters. The smallest absolute Gasteiger partial charge is 0.126 e. The topological polar surface area (TPSA) is 29.9 Å². The van der Waals surface area contributed by atoms with Gasteiger partial charge in [-0.3, -0.25) is 4.68 Å². The molecule has 0 saturated heterocycles. The standard InChI is InChI=1S/C15H19F2N3/c1-4-18-14(15-7-10(2)19-20(15)3)9-11-8-12(16)5-6-13(11)17/h5-8,14,18H,4,9H2,1-3H3. The van der Waals surface area contributed by atoms with Crippen LogP contribution in [0.2, 0.25) is 0 Å². The molecule has 2 aromatic rings. The monoisotopic (exact) mass is 279 g/mol. The Balaban J connectivity index is 2.30.